The third kappa shape index (κ3) is 3.98. The second-order valence-electron chi connectivity index (χ2n) is 5.39. The van der Waals surface area contributed by atoms with E-state index < -0.39 is 0 Å². The molecule has 0 unspecified atom stereocenters. The predicted octanol–water partition coefficient (Wildman–Crippen LogP) is 2.36. The van der Waals surface area contributed by atoms with Crippen LogP contribution in [0.4, 0.5) is 4.39 Å². The molecule has 2 rings (SSSR count). The minimum atomic E-state index is -0.366. The van der Waals surface area contributed by atoms with Crippen molar-refractivity contribution < 1.29 is 9.18 Å². The number of fused-ring (bicyclic) bond motifs is 1. The molecule has 1 aromatic carbocycles. The molecule has 0 spiro atoms. The van der Waals surface area contributed by atoms with Gasteiger partial charge >= 0.3 is 0 Å². The standard InChI is InChI=1S/C16H20FN3O/c1-11-9-14(16(21)18-7-4-8-20(2)3)13-10-12(17)5-6-15(13)19-11/h5-6,9-10H,4,7-8H2,1-3H3,(H,18,21). The summed E-state index contributed by atoms with van der Waals surface area (Å²) < 4.78 is 13.4. The largest absolute Gasteiger partial charge is 0.352 e. The van der Waals surface area contributed by atoms with Crippen molar-refractivity contribution in [2.45, 2.75) is 13.3 Å². The molecule has 112 valence electrons. The number of nitrogens with zero attached hydrogens (tertiary/aromatic N) is 2. The van der Waals surface area contributed by atoms with E-state index in [2.05, 4.69) is 15.2 Å². The molecule has 0 saturated carbocycles. The Kier molecular flexibility index (Phi) is 4.85. The van der Waals surface area contributed by atoms with Gasteiger partial charge in [0.05, 0.1) is 11.1 Å². The zero-order chi connectivity index (χ0) is 15.4. The summed E-state index contributed by atoms with van der Waals surface area (Å²) in [5.41, 5.74) is 1.85. The smallest absolute Gasteiger partial charge is 0.252 e. The summed E-state index contributed by atoms with van der Waals surface area (Å²) in [5, 5.41) is 3.42. The second kappa shape index (κ2) is 6.63. The van der Waals surface area contributed by atoms with Gasteiger partial charge in [-0.15, -0.1) is 0 Å². The molecular formula is C16H20FN3O. The van der Waals surface area contributed by atoms with Crippen LogP contribution in [0.2, 0.25) is 0 Å². The molecule has 1 aromatic heterocycles. The Morgan fingerprint density at radius 3 is 2.81 bits per heavy atom. The molecule has 0 atom stereocenters. The van der Waals surface area contributed by atoms with Gasteiger partial charge in [-0.05, 0) is 58.3 Å². The molecule has 4 nitrogen and oxygen atoms in total. The molecule has 0 aliphatic carbocycles. The molecule has 0 saturated heterocycles. The highest BCUT2D eigenvalue weighted by atomic mass is 19.1. The summed E-state index contributed by atoms with van der Waals surface area (Å²) in [6, 6.07) is 6.01. The summed E-state index contributed by atoms with van der Waals surface area (Å²) in [6.07, 6.45) is 0.870. The number of nitrogens with one attached hydrogen (secondary N) is 1. The topological polar surface area (TPSA) is 45.2 Å². The number of aromatic nitrogens is 1. The van der Waals surface area contributed by atoms with Gasteiger partial charge in [0.1, 0.15) is 5.82 Å². The van der Waals surface area contributed by atoms with E-state index in [1.165, 1.54) is 12.1 Å². The van der Waals surface area contributed by atoms with E-state index >= 15 is 0 Å². The van der Waals surface area contributed by atoms with Crippen molar-refractivity contribution in [3.8, 4) is 0 Å². The van der Waals surface area contributed by atoms with Crippen molar-refractivity contribution in [3.05, 3.63) is 41.3 Å². The van der Waals surface area contributed by atoms with Crippen LogP contribution in [0.25, 0.3) is 10.9 Å². The van der Waals surface area contributed by atoms with Crippen molar-refractivity contribution in [2.75, 3.05) is 27.2 Å². The summed E-state index contributed by atoms with van der Waals surface area (Å²) in [6.45, 7) is 3.33. The molecule has 2 aromatic rings. The fourth-order valence-corrected chi connectivity index (χ4v) is 2.21. The lowest BCUT2D eigenvalue weighted by atomic mass is 10.1. The number of benzene rings is 1. The maximum Gasteiger partial charge on any atom is 0.252 e. The zero-order valence-electron chi connectivity index (χ0n) is 12.6. The molecular weight excluding hydrogens is 269 g/mol. The molecule has 0 aliphatic heterocycles. The van der Waals surface area contributed by atoms with E-state index in [1.54, 1.807) is 12.1 Å². The van der Waals surface area contributed by atoms with Crippen molar-refractivity contribution >= 4 is 16.8 Å². The zero-order valence-corrected chi connectivity index (χ0v) is 12.6. The van der Waals surface area contributed by atoms with E-state index in [0.717, 1.165) is 18.7 Å². The van der Waals surface area contributed by atoms with Crippen LogP contribution in [-0.4, -0.2) is 43.0 Å². The summed E-state index contributed by atoms with van der Waals surface area (Å²) >= 11 is 0. The molecule has 1 heterocycles. The predicted molar refractivity (Wildman–Crippen MR) is 81.9 cm³/mol. The summed E-state index contributed by atoms with van der Waals surface area (Å²) in [4.78, 5) is 18.7. The highest BCUT2D eigenvalue weighted by molar-refractivity contribution is 6.06. The molecule has 5 heteroatoms. The molecule has 0 bridgehead atoms. The monoisotopic (exact) mass is 289 g/mol. The van der Waals surface area contributed by atoms with E-state index in [9.17, 15) is 9.18 Å². The van der Waals surface area contributed by atoms with Gasteiger partial charge in [0.25, 0.3) is 5.91 Å². The second-order valence-corrected chi connectivity index (χ2v) is 5.39. The molecule has 0 aliphatic rings. The molecule has 0 radical (unpaired) electrons. The summed E-state index contributed by atoms with van der Waals surface area (Å²) in [7, 11) is 3.98. The molecule has 1 N–H and O–H groups in total. The number of pyridine rings is 1. The summed E-state index contributed by atoms with van der Waals surface area (Å²) in [5.74, 6) is -0.551. The van der Waals surface area contributed by atoms with Crippen molar-refractivity contribution in [1.82, 2.24) is 15.2 Å². The number of hydrogen-bond donors (Lipinski definition) is 1. The number of carbonyl (C=O) groups excluding carboxylic acids is 1. The van der Waals surface area contributed by atoms with Crippen LogP contribution < -0.4 is 5.32 Å². The van der Waals surface area contributed by atoms with E-state index in [4.69, 9.17) is 0 Å². The van der Waals surface area contributed by atoms with Crippen LogP contribution >= 0.6 is 0 Å². The van der Waals surface area contributed by atoms with Crippen molar-refractivity contribution in [1.29, 1.82) is 0 Å². The molecule has 21 heavy (non-hydrogen) atoms. The Labute approximate surface area is 124 Å². The van der Waals surface area contributed by atoms with Crippen LogP contribution in [0.5, 0.6) is 0 Å². The number of hydrogen-bond acceptors (Lipinski definition) is 3. The van der Waals surface area contributed by atoms with Crippen molar-refractivity contribution in [3.63, 3.8) is 0 Å². The average molecular weight is 289 g/mol. The highest BCUT2D eigenvalue weighted by Gasteiger charge is 2.12. The SMILES string of the molecule is Cc1cc(C(=O)NCCCN(C)C)c2cc(F)ccc2n1. The third-order valence-electron chi connectivity index (χ3n) is 3.21. The van der Waals surface area contributed by atoms with E-state index in [-0.39, 0.29) is 11.7 Å². The van der Waals surface area contributed by atoms with Gasteiger partial charge in [0.2, 0.25) is 0 Å². The maximum atomic E-state index is 13.4. The van der Waals surface area contributed by atoms with E-state index in [1.807, 2.05) is 21.0 Å². The first-order valence-electron chi connectivity index (χ1n) is 6.97. The number of carbonyl (C=O) groups is 1. The Balaban J connectivity index is 2.20. The fraction of sp³-hybridized carbons (Fsp3) is 0.375. The fourth-order valence-electron chi connectivity index (χ4n) is 2.21. The number of halogens is 1. The molecule has 1 amide bonds. The first-order valence-corrected chi connectivity index (χ1v) is 6.97. The Morgan fingerprint density at radius 1 is 1.33 bits per heavy atom. The minimum absolute atomic E-state index is 0.185. The maximum absolute atomic E-state index is 13.4. The van der Waals surface area contributed by atoms with Crippen LogP contribution in [-0.2, 0) is 0 Å². The number of aryl methyl sites for hydroxylation is 1. The lowest BCUT2D eigenvalue weighted by Gasteiger charge is -2.11. The van der Waals surface area contributed by atoms with E-state index in [0.29, 0.717) is 23.0 Å². The van der Waals surface area contributed by atoms with Gasteiger partial charge in [-0.1, -0.05) is 0 Å². The normalized spacial score (nSPS) is 11.1. The first kappa shape index (κ1) is 15.4. The highest BCUT2D eigenvalue weighted by Crippen LogP contribution is 2.19. The number of amides is 1. The first-order chi connectivity index (χ1) is 9.97. The van der Waals surface area contributed by atoms with Gasteiger partial charge in [0, 0.05) is 17.6 Å². The third-order valence-corrected chi connectivity index (χ3v) is 3.21. The quantitative estimate of drug-likeness (QED) is 0.860. The van der Waals surface area contributed by atoms with Gasteiger partial charge < -0.3 is 10.2 Å². The van der Waals surface area contributed by atoms with Gasteiger partial charge in [-0.3, -0.25) is 9.78 Å². The Morgan fingerprint density at radius 2 is 2.10 bits per heavy atom. The van der Waals surface area contributed by atoms with Crippen LogP contribution in [0.1, 0.15) is 22.5 Å². The average Bonchev–Trinajstić information content (AvgIpc) is 2.42. The van der Waals surface area contributed by atoms with Crippen LogP contribution in [0.15, 0.2) is 24.3 Å². The molecule has 0 fully saturated rings. The number of rotatable bonds is 5. The van der Waals surface area contributed by atoms with Crippen molar-refractivity contribution in [2.24, 2.45) is 0 Å². The van der Waals surface area contributed by atoms with Gasteiger partial charge in [-0.25, -0.2) is 4.39 Å². The van der Waals surface area contributed by atoms with Crippen LogP contribution in [0.3, 0.4) is 0 Å². The minimum Gasteiger partial charge on any atom is -0.352 e. The lowest BCUT2D eigenvalue weighted by Crippen LogP contribution is -2.27. The Hall–Kier alpha value is -2.01. The van der Waals surface area contributed by atoms with Crippen LogP contribution in [0, 0.1) is 12.7 Å². The Bertz CT molecular complexity index is 655. The van der Waals surface area contributed by atoms with Gasteiger partial charge in [0.15, 0.2) is 0 Å². The lowest BCUT2D eigenvalue weighted by molar-refractivity contribution is 0.0954. The van der Waals surface area contributed by atoms with Gasteiger partial charge in [-0.2, -0.15) is 0 Å².